The van der Waals surface area contributed by atoms with Crippen LogP contribution in [-0.2, 0) is 12.4 Å². The normalized spacial score (nSPS) is 10.4. The van der Waals surface area contributed by atoms with Gasteiger partial charge in [0, 0.05) is 6.54 Å². The highest BCUT2D eigenvalue weighted by atomic mass is 35.5. The number of rotatable bonds is 4. The van der Waals surface area contributed by atoms with Crippen molar-refractivity contribution < 1.29 is 8.81 Å². The third-order valence-electron chi connectivity index (χ3n) is 1.94. The number of nitrogens with zero attached hydrogens (tertiary/aromatic N) is 2. The number of nitrogens with one attached hydrogen (secondary N) is 1. The Bertz CT molecular complexity index is 457. The smallest absolute Gasteiger partial charge is 0.315 e. The van der Waals surface area contributed by atoms with Crippen LogP contribution in [0.4, 0.5) is 10.4 Å². The number of alkyl halides is 1. The fraction of sp³-hybridized carbons (Fsp3) is 0.200. The first-order valence-corrected chi connectivity index (χ1v) is 5.18. The Morgan fingerprint density at radius 2 is 2.00 bits per heavy atom. The summed E-state index contributed by atoms with van der Waals surface area (Å²) in [5.41, 5.74) is 0.923. The van der Waals surface area contributed by atoms with Crippen LogP contribution in [0.15, 0.2) is 28.7 Å². The molecule has 1 aromatic heterocycles. The van der Waals surface area contributed by atoms with Crippen molar-refractivity contribution in [1.29, 1.82) is 0 Å². The molecule has 1 aromatic carbocycles. The molecule has 0 aliphatic heterocycles. The highest BCUT2D eigenvalue weighted by Gasteiger charge is 2.03. The quantitative estimate of drug-likeness (QED) is 0.836. The molecule has 0 radical (unpaired) electrons. The van der Waals surface area contributed by atoms with E-state index in [1.54, 1.807) is 12.1 Å². The van der Waals surface area contributed by atoms with Gasteiger partial charge in [-0.25, -0.2) is 4.39 Å². The van der Waals surface area contributed by atoms with Crippen LogP contribution in [0.3, 0.4) is 0 Å². The van der Waals surface area contributed by atoms with Gasteiger partial charge in [-0.15, -0.1) is 16.7 Å². The Balaban J connectivity index is 1.94. The standard InChI is InChI=1S/C10H9ClFN3O/c11-5-9-14-15-10(16-9)13-6-7-1-3-8(12)4-2-7/h1-4H,5-6H2,(H,13,15). The van der Waals surface area contributed by atoms with E-state index in [0.29, 0.717) is 18.5 Å². The average Bonchev–Trinajstić information content (AvgIpc) is 2.76. The maximum Gasteiger partial charge on any atom is 0.315 e. The Morgan fingerprint density at radius 3 is 2.62 bits per heavy atom. The van der Waals surface area contributed by atoms with Crippen molar-refractivity contribution in [2.24, 2.45) is 0 Å². The Morgan fingerprint density at radius 1 is 1.25 bits per heavy atom. The molecule has 0 unspecified atom stereocenters. The maximum absolute atomic E-state index is 12.6. The lowest BCUT2D eigenvalue weighted by atomic mass is 10.2. The van der Waals surface area contributed by atoms with Gasteiger partial charge in [-0.3, -0.25) is 0 Å². The number of benzene rings is 1. The van der Waals surface area contributed by atoms with Crippen LogP contribution in [-0.4, -0.2) is 10.2 Å². The van der Waals surface area contributed by atoms with Crippen LogP contribution < -0.4 is 5.32 Å². The molecule has 1 N–H and O–H groups in total. The molecule has 6 heteroatoms. The number of hydrogen-bond donors (Lipinski definition) is 1. The van der Waals surface area contributed by atoms with Crippen LogP contribution in [0.2, 0.25) is 0 Å². The highest BCUT2D eigenvalue weighted by Crippen LogP contribution is 2.09. The van der Waals surface area contributed by atoms with Gasteiger partial charge >= 0.3 is 6.01 Å². The SMILES string of the molecule is Fc1ccc(CNc2nnc(CCl)o2)cc1. The van der Waals surface area contributed by atoms with Crippen molar-refractivity contribution in [1.82, 2.24) is 10.2 Å². The van der Waals surface area contributed by atoms with Gasteiger partial charge in [0.25, 0.3) is 0 Å². The van der Waals surface area contributed by atoms with Crippen LogP contribution in [0, 0.1) is 5.82 Å². The molecule has 0 spiro atoms. The number of anilines is 1. The first-order valence-electron chi connectivity index (χ1n) is 4.64. The van der Waals surface area contributed by atoms with Crippen LogP contribution >= 0.6 is 11.6 Å². The predicted octanol–water partition coefficient (Wildman–Crippen LogP) is 2.56. The molecule has 0 saturated heterocycles. The zero-order chi connectivity index (χ0) is 11.4. The van der Waals surface area contributed by atoms with E-state index in [0.717, 1.165) is 5.56 Å². The van der Waals surface area contributed by atoms with Crippen LogP contribution in [0.25, 0.3) is 0 Å². The number of aromatic nitrogens is 2. The lowest BCUT2D eigenvalue weighted by Crippen LogP contribution is -1.99. The molecular weight excluding hydrogens is 233 g/mol. The van der Waals surface area contributed by atoms with Gasteiger partial charge in [0.05, 0.1) is 0 Å². The second kappa shape index (κ2) is 4.94. The molecule has 0 atom stereocenters. The summed E-state index contributed by atoms with van der Waals surface area (Å²) in [5, 5.41) is 10.3. The molecule has 1 heterocycles. The van der Waals surface area contributed by atoms with E-state index in [4.69, 9.17) is 16.0 Å². The molecule has 0 saturated carbocycles. The summed E-state index contributed by atoms with van der Waals surface area (Å²) >= 11 is 5.51. The highest BCUT2D eigenvalue weighted by molar-refractivity contribution is 6.16. The summed E-state index contributed by atoms with van der Waals surface area (Å²) in [7, 11) is 0. The van der Waals surface area contributed by atoms with E-state index in [-0.39, 0.29) is 11.7 Å². The van der Waals surface area contributed by atoms with Gasteiger partial charge in [0.2, 0.25) is 5.89 Å². The first kappa shape index (κ1) is 10.9. The molecule has 16 heavy (non-hydrogen) atoms. The van der Waals surface area contributed by atoms with Crippen molar-refractivity contribution >= 4 is 17.6 Å². The van der Waals surface area contributed by atoms with Gasteiger partial charge in [0.15, 0.2) is 0 Å². The van der Waals surface area contributed by atoms with Gasteiger partial charge in [-0.05, 0) is 17.7 Å². The molecule has 2 aromatic rings. The summed E-state index contributed by atoms with van der Waals surface area (Å²) in [6, 6.07) is 6.46. The first-order chi connectivity index (χ1) is 7.78. The molecule has 0 amide bonds. The summed E-state index contributed by atoms with van der Waals surface area (Å²) < 4.78 is 17.8. The lowest BCUT2D eigenvalue weighted by Gasteiger charge is -2.00. The number of hydrogen-bond acceptors (Lipinski definition) is 4. The second-order valence-corrected chi connectivity index (χ2v) is 3.38. The van der Waals surface area contributed by atoms with Crippen LogP contribution in [0.5, 0.6) is 0 Å². The van der Waals surface area contributed by atoms with Crippen molar-refractivity contribution in [3.63, 3.8) is 0 Å². The van der Waals surface area contributed by atoms with E-state index in [1.807, 2.05) is 0 Å². The maximum atomic E-state index is 12.6. The largest absolute Gasteiger partial charge is 0.407 e. The molecule has 0 aliphatic carbocycles. The molecule has 4 nitrogen and oxygen atoms in total. The minimum absolute atomic E-state index is 0.186. The fourth-order valence-electron chi connectivity index (χ4n) is 1.16. The van der Waals surface area contributed by atoms with E-state index < -0.39 is 0 Å². The fourth-order valence-corrected chi connectivity index (χ4v) is 1.27. The minimum Gasteiger partial charge on any atom is -0.407 e. The predicted molar refractivity (Wildman–Crippen MR) is 57.6 cm³/mol. The van der Waals surface area contributed by atoms with E-state index in [1.165, 1.54) is 12.1 Å². The zero-order valence-electron chi connectivity index (χ0n) is 8.28. The Hall–Kier alpha value is -1.62. The third kappa shape index (κ3) is 2.70. The molecule has 84 valence electrons. The molecule has 2 rings (SSSR count). The van der Waals surface area contributed by atoms with Crippen molar-refractivity contribution in [2.45, 2.75) is 12.4 Å². The van der Waals surface area contributed by atoms with E-state index >= 15 is 0 Å². The summed E-state index contributed by atoms with van der Waals surface area (Å²) in [4.78, 5) is 0. The monoisotopic (exact) mass is 241 g/mol. The van der Waals surface area contributed by atoms with Gasteiger partial charge in [-0.1, -0.05) is 17.2 Å². The van der Waals surface area contributed by atoms with Gasteiger partial charge in [-0.2, -0.15) is 0 Å². The van der Waals surface area contributed by atoms with Gasteiger partial charge in [0.1, 0.15) is 11.7 Å². The van der Waals surface area contributed by atoms with Crippen molar-refractivity contribution in [3.8, 4) is 0 Å². The van der Waals surface area contributed by atoms with Crippen molar-refractivity contribution in [2.75, 3.05) is 5.32 Å². The third-order valence-corrected chi connectivity index (χ3v) is 2.17. The topological polar surface area (TPSA) is 51.0 Å². The summed E-state index contributed by atoms with van der Waals surface area (Å²) in [5.74, 6) is 0.292. The molecular formula is C10H9ClFN3O. The second-order valence-electron chi connectivity index (χ2n) is 3.11. The molecule has 0 aliphatic rings. The summed E-state index contributed by atoms with van der Waals surface area (Å²) in [6.07, 6.45) is 0. The lowest BCUT2D eigenvalue weighted by molar-refractivity contribution is 0.525. The zero-order valence-corrected chi connectivity index (χ0v) is 9.04. The van der Waals surface area contributed by atoms with E-state index in [2.05, 4.69) is 15.5 Å². The van der Waals surface area contributed by atoms with Crippen molar-refractivity contribution in [3.05, 3.63) is 41.5 Å². The van der Waals surface area contributed by atoms with E-state index in [9.17, 15) is 4.39 Å². The minimum atomic E-state index is -0.258. The average molecular weight is 242 g/mol. The van der Waals surface area contributed by atoms with Gasteiger partial charge < -0.3 is 9.73 Å². The number of halogens is 2. The molecule has 0 fully saturated rings. The summed E-state index contributed by atoms with van der Waals surface area (Å²) in [6.45, 7) is 0.490. The Kier molecular flexibility index (Phi) is 3.36. The molecule has 0 bridgehead atoms. The van der Waals surface area contributed by atoms with Crippen LogP contribution in [0.1, 0.15) is 11.5 Å². The Labute approximate surface area is 96.4 Å².